The molecule has 0 aromatic rings. The topological polar surface area (TPSA) is 85.2 Å². The Morgan fingerprint density at radius 2 is 1.53 bits per heavy atom. The van der Waals surface area contributed by atoms with Crippen molar-refractivity contribution in [3.8, 4) is 0 Å². The Kier molecular flexibility index (Phi) is 16.2. The fraction of sp³-hybridized carbons (Fsp3) is 0.955. The molecule has 0 spiro atoms. The molecule has 0 fully saturated rings. The minimum Gasteiger partial charge on any atom is -0.481 e. The molecule has 0 radical (unpaired) electrons. The summed E-state index contributed by atoms with van der Waals surface area (Å²) in [6.45, 7) is 8.30. The second-order valence-corrected chi connectivity index (χ2v) is 10.6. The number of carboxylic acids is 1. The fourth-order valence-corrected chi connectivity index (χ4v) is 4.09. The van der Waals surface area contributed by atoms with Gasteiger partial charge in [-0.05, 0) is 33.1 Å². The molecule has 0 aromatic heterocycles. The molecule has 0 saturated heterocycles. The molecule has 0 saturated carbocycles. The van der Waals surface area contributed by atoms with Crippen LogP contribution in [0.2, 0.25) is 0 Å². The van der Waals surface area contributed by atoms with E-state index in [1.165, 1.54) is 19.3 Å². The standard InChI is InChI=1S/C22H46NO6P/c1-7-15-22(2,3)27-16-13-11-9-8-10-12-14-17-28-30(26)29-20(18-21(24)25)19-23(4,5)6/h20,26H,7-19H2,1-6H3/p+1/t20?,30-/m1/s1. The quantitative estimate of drug-likeness (QED) is 0.152. The maximum atomic E-state index is 11.0. The van der Waals surface area contributed by atoms with Crippen LogP contribution in [0, 0.1) is 0 Å². The van der Waals surface area contributed by atoms with Gasteiger partial charge in [0.1, 0.15) is 12.6 Å². The third kappa shape index (κ3) is 19.7. The number of hydrogen-bond donors (Lipinski definition) is 2. The predicted octanol–water partition coefficient (Wildman–Crippen LogP) is 5.11. The van der Waals surface area contributed by atoms with Crippen molar-refractivity contribution < 1.29 is 33.1 Å². The molecule has 8 heteroatoms. The number of carbonyl (C=O) groups is 1. The third-order valence-corrected chi connectivity index (χ3v) is 5.61. The lowest BCUT2D eigenvalue weighted by Crippen LogP contribution is -2.42. The highest BCUT2D eigenvalue weighted by Gasteiger charge is 2.25. The van der Waals surface area contributed by atoms with Gasteiger partial charge in [0, 0.05) is 6.61 Å². The number of ether oxygens (including phenoxy) is 1. The van der Waals surface area contributed by atoms with Gasteiger partial charge in [-0.2, -0.15) is 0 Å². The summed E-state index contributed by atoms with van der Waals surface area (Å²) in [7, 11) is 3.83. The van der Waals surface area contributed by atoms with E-state index in [0.29, 0.717) is 17.6 Å². The van der Waals surface area contributed by atoms with Crippen LogP contribution >= 0.6 is 8.60 Å². The highest BCUT2D eigenvalue weighted by molar-refractivity contribution is 7.40. The van der Waals surface area contributed by atoms with E-state index in [4.69, 9.17) is 18.9 Å². The van der Waals surface area contributed by atoms with Crippen molar-refractivity contribution in [3.05, 3.63) is 0 Å². The Labute approximate surface area is 185 Å². The van der Waals surface area contributed by atoms with Crippen LogP contribution in [0.5, 0.6) is 0 Å². The van der Waals surface area contributed by atoms with Gasteiger partial charge in [-0.25, -0.2) is 0 Å². The number of rotatable bonds is 20. The van der Waals surface area contributed by atoms with E-state index in [1.807, 2.05) is 21.1 Å². The van der Waals surface area contributed by atoms with Gasteiger partial charge in [0.05, 0.1) is 39.8 Å². The van der Waals surface area contributed by atoms with Gasteiger partial charge in [0.15, 0.2) is 0 Å². The van der Waals surface area contributed by atoms with Crippen molar-refractivity contribution in [1.29, 1.82) is 0 Å². The summed E-state index contributed by atoms with van der Waals surface area (Å²) in [5.74, 6) is -0.937. The molecule has 2 atom stereocenters. The molecule has 0 aliphatic rings. The number of unbranched alkanes of at least 4 members (excludes halogenated alkanes) is 6. The van der Waals surface area contributed by atoms with Crippen molar-refractivity contribution in [2.75, 3.05) is 40.9 Å². The number of carboxylic acid groups (broad SMARTS) is 1. The minimum absolute atomic E-state index is 0.00406. The molecule has 2 N–H and O–H groups in total. The fourth-order valence-electron chi connectivity index (χ4n) is 3.35. The van der Waals surface area contributed by atoms with Crippen molar-refractivity contribution in [2.45, 2.75) is 96.7 Å². The van der Waals surface area contributed by atoms with Gasteiger partial charge in [-0.15, -0.1) is 0 Å². The molecule has 0 amide bonds. The first-order chi connectivity index (χ1) is 13.9. The number of likely N-dealkylation sites (N-methyl/N-ethyl adjacent to an activating group) is 1. The maximum absolute atomic E-state index is 11.0. The van der Waals surface area contributed by atoms with Crippen LogP contribution in [0.25, 0.3) is 0 Å². The van der Waals surface area contributed by atoms with Crippen LogP contribution in [0.1, 0.15) is 85.0 Å². The second kappa shape index (κ2) is 16.3. The Bertz CT molecular complexity index is 442. The van der Waals surface area contributed by atoms with E-state index in [1.54, 1.807) is 0 Å². The van der Waals surface area contributed by atoms with Crippen LogP contribution in [0.3, 0.4) is 0 Å². The van der Waals surface area contributed by atoms with Crippen molar-refractivity contribution in [2.24, 2.45) is 0 Å². The smallest absolute Gasteiger partial charge is 0.330 e. The average Bonchev–Trinajstić information content (AvgIpc) is 2.57. The number of quaternary nitrogens is 1. The summed E-state index contributed by atoms with van der Waals surface area (Å²) in [5, 5.41) is 9.01. The van der Waals surface area contributed by atoms with Crippen molar-refractivity contribution in [3.63, 3.8) is 0 Å². The summed E-state index contributed by atoms with van der Waals surface area (Å²) < 4.78 is 17.3. The first kappa shape index (κ1) is 29.7. The summed E-state index contributed by atoms with van der Waals surface area (Å²) in [4.78, 5) is 20.9. The summed E-state index contributed by atoms with van der Waals surface area (Å²) in [6.07, 6.45) is 9.37. The molecule has 1 unspecified atom stereocenters. The van der Waals surface area contributed by atoms with Gasteiger partial charge in [-0.3, -0.25) is 4.79 Å². The number of hydrogen-bond acceptors (Lipinski definition) is 5. The molecule has 7 nitrogen and oxygen atoms in total. The van der Waals surface area contributed by atoms with E-state index in [0.717, 1.165) is 45.1 Å². The molecular weight excluding hydrogens is 405 g/mol. The number of aliphatic carboxylic acids is 1. The Morgan fingerprint density at radius 1 is 1.00 bits per heavy atom. The van der Waals surface area contributed by atoms with E-state index < -0.39 is 20.7 Å². The molecular formula is C22H47NO6P+. The summed E-state index contributed by atoms with van der Waals surface area (Å²) in [6, 6.07) is 0. The normalized spacial score (nSPS) is 14.6. The lowest BCUT2D eigenvalue weighted by atomic mass is 10.0. The monoisotopic (exact) mass is 452 g/mol. The Balaban J connectivity index is 3.70. The molecule has 0 aliphatic heterocycles. The third-order valence-electron chi connectivity index (χ3n) is 4.73. The first-order valence-corrected chi connectivity index (χ1v) is 12.5. The molecule has 0 aromatic carbocycles. The van der Waals surface area contributed by atoms with E-state index in [-0.39, 0.29) is 12.0 Å². The lowest BCUT2D eigenvalue weighted by molar-refractivity contribution is -0.873. The molecule has 30 heavy (non-hydrogen) atoms. The van der Waals surface area contributed by atoms with Crippen LogP contribution in [-0.4, -0.2) is 73.1 Å². The zero-order chi connectivity index (χ0) is 23.0. The maximum Gasteiger partial charge on any atom is 0.330 e. The van der Waals surface area contributed by atoms with Gasteiger partial charge in [-0.1, -0.05) is 45.4 Å². The zero-order valence-electron chi connectivity index (χ0n) is 20.2. The zero-order valence-corrected chi connectivity index (χ0v) is 21.1. The highest BCUT2D eigenvalue weighted by Crippen LogP contribution is 2.36. The Hall–Kier alpha value is -0.300. The molecule has 0 bridgehead atoms. The van der Waals surface area contributed by atoms with Crippen molar-refractivity contribution >= 4 is 14.6 Å². The van der Waals surface area contributed by atoms with Crippen LogP contribution in [0.4, 0.5) is 0 Å². The SMILES string of the molecule is CCCC(C)(C)OCCCCCCCCCO[P@@](O)OC(CC(=O)O)C[N+](C)(C)C. The van der Waals surface area contributed by atoms with Gasteiger partial charge >= 0.3 is 14.6 Å². The van der Waals surface area contributed by atoms with Crippen LogP contribution in [-0.2, 0) is 18.6 Å². The molecule has 180 valence electrons. The minimum atomic E-state index is -2.04. The predicted molar refractivity (Wildman–Crippen MR) is 122 cm³/mol. The van der Waals surface area contributed by atoms with Crippen LogP contribution in [0.15, 0.2) is 0 Å². The van der Waals surface area contributed by atoms with Crippen molar-refractivity contribution in [1.82, 2.24) is 0 Å². The lowest BCUT2D eigenvalue weighted by Gasteiger charge is -2.29. The van der Waals surface area contributed by atoms with E-state index >= 15 is 0 Å². The molecule has 0 heterocycles. The summed E-state index contributed by atoms with van der Waals surface area (Å²) >= 11 is 0. The number of nitrogens with zero attached hydrogens (tertiary/aromatic N) is 1. The summed E-state index contributed by atoms with van der Waals surface area (Å²) in [5.41, 5.74) is 0.00406. The average molecular weight is 453 g/mol. The Morgan fingerprint density at radius 3 is 2.03 bits per heavy atom. The second-order valence-electron chi connectivity index (χ2n) is 9.70. The molecule has 0 aliphatic carbocycles. The molecule has 0 rings (SSSR count). The first-order valence-electron chi connectivity index (χ1n) is 11.4. The van der Waals surface area contributed by atoms with Crippen LogP contribution < -0.4 is 0 Å². The van der Waals surface area contributed by atoms with E-state index in [2.05, 4.69) is 20.8 Å². The van der Waals surface area contributed by atoms with Gasteiger partial charge < -0.3 is 28.3 Å². The largest absolute Gasteiger partial charge is 0.481 e. The van der Waals surface area contributed by atoms with Gasteiger partial charge in [0.2, 0.25) is 0 Å². The van der Waals surface area contributed by atoms with E-state index in [9.17, 15) is 9.69 Å². The van der Waals surface area contributed by atoms with Gasteiger partial charge in [0.25, 0.3) is 0 Å². The highest BCUT2D eigenvalue weighted by atomic mass is 31.2.